The smallest absolute Gasteiger partial charge is 0.346 e. The Kier molecular flexibility index (Phi) is 17.5. The first kappa shape index (κ1) is 53.9. The summed E-state index contributed by atoms with van der Waals surface area (Å²) in [7, 11) is 3.39. The number of hydrogen-bond acceptors (Lipinski definition) is 9. The molecule has 14 heteroatoms. The number of carbonyl (C=O) groups is 2. The lowest BCUT2D eigenvalue weighted by molar-refractivity contribution is -0.137. The van der Waals surface area contributed by atoms with Crippen LogP contribution in [-0.4, -0.2) is 60.2 Å². The summed E-state index contributed by atoms with van der Waals surface area (Å²) in [6, 6.07) is 21.2. The van der Waals surface area contributed by atoms with Gasteiger partial charge >= 0.3 is 11.9 Å². The Morgan fingerprint density at radius 3 is 1.72 bits per heavy atom. The van der Waals surface area contributed by atoms with E-state index in [1.165, 1.54) is 24.2 Å². The summed E-state index contributed by atoms with van der Waals surface area (Å²) in [6.07, 6.45) is 8.72. The molecule has 5 aliphatic heterocycles. The van der Waals surface area contributed by atoms with Gasteiger partial charge in [-0.25, -0.2) is 4.79 Å². The van der Waals surface area contributed by atoms with Gasteiger partial charge in [0.25, 0.3) is 11.1 Å². The first-order valence-electron chi connectivity index (χ1n) is 23.7. The Bertz CT molecular complexity index is 2910. The predicted molar refractivity (Wildman–Crippen MR) is 289 cm³/mol. The van der Waals surface area contributed by atoms with Crippen molar-refractivity contribution in [1.29, 1.82) is 0 Å². The third-order valence-electron chi connectivity index (χ3n) is 13.3. The highest BCUT2D eigenvalue weighted by Crippen LogP contribution is 2.34. The fourth-order valence-corrected chi connectivity index (χ4v) is 10.2. The average molecular weight is 1140 g/mol. The molecule has 11 nitrogen and oxygen atoms in total. The normalized spacial score (nSPS) is 19.0. The largest absolute Gasteiger partial charge is 0.484 e. The number of methoxy groups -OCH3 is 2. The molecule has 10 rings (SSSR count). The molecule has 0 N–H and O–H groups in total. The molecule has 0 bridgehead atoms. The van der Waals surface area contributed by atoms with Gasteiger partial charge < -0.3 is 23.3 Å². The van der Waals surface area contributed by atoms with E-state index >= 15 is 0 Å². The second kappa shape index (κ2) is 22.4. The first-order valence-corrected chi connectivity index (χ1v) is 26.1. The van der Waals surface area contributed by atoms with Gasteiger partial charge in [0.05, 0.1) is 26.2 Å². The molecule has 0 fully saturated rings. The van der Waals surface area contributed by atoms with Crippen molar-refractivity contribution in [3.05, 3.63) is 123 Å². The van der Waals surface area contributed by atoms with Crippen LogP contribution >= 0.6 is 47.8 Å². The van der Waals surface area contributed by atoms with E-state index in [4.69, 9.17) is 9.47 Å². The van der Waals surface area contributed by atoms with Crippen LogP contribution in [0.3, 0.4) is 0 Å². The van der Waals surface area contributed by atoms with E-state index in [1.54, 1.807) is 32.4 Å². The molecule has 0 atom stereocenters. The van der Waals surface area contributed by atoms with E-state index in [2.05, 4.69) is 130 Å². The molecule has 370 valence electrons. The minimum atomic E-state index is -0.557. The summed E-state index contributed by atoms with van der Waals surface area (Å²) in [6.45, 7) is 21.5. The molecular weight excluding hydrogens is 1070 g/mol. The number of fused-ring (bicyclic) bond motifs is 5. The summed E-state index contributed by atoms with van der Waals surface area (Å²) >= 11 is 10.2. The Labute approximate surface area is 431 Å². The lowest BCUT2D eigenvalue weighted by Crippen LogP contribution is -2.35. The van der Waals surface area contributed by atoms with Crippen LogP contribution in [0.2, 0.25) is 0 Å². The molecule has 3 aromatic carbocycles. The molecule has 0 spiro atoms. The minimum Gasteiger partial charge on any atom is -0.484 e. The fraction of sp³-hybridized carbons (Fsp3) is 0.491. The quantitative estimate of drug-likeness (QED) is 0.111. The highest BCUT2D eigenvalue weighted by molar-refractivity contribution is 9.11. The van der Waals surface area contributed by atoms with Crippen LogP contribution in [-0.2, 0) is 51.4 Å². The van der Waals surface area contributed by atoms with Gasteiger partial charge in [0.2, 0.25) is 0 Å². The number of hydrogen-bond donors (Lipinski definition) is 0. The molecule has 0 aliphatic carbocycles. The number of rotatable bonds is 0. The van der Waals surface area contributed by atoms with Crippen LogP contribution in [0.5, 0.6) is 0 Å². The Hall–Kier alpha value is -4.40. The maximum atomic E-state index is 12.5. The number of aryl methyl sites for hydroxylation is 1. The third kappa shape index (κ3) is 14.6. The molecule has 7 heterocycles. The Morgan fingerprint density at radius 1 is 0.580 bits per heavy atom. The van der Waals surface area contributed by atoms with Crippen LogP contribution in [0.15, 0.2) is 99.7 Å². The zero-order chi connectivity index (χ0) is 50.5. The number of aliphatic imine (C=N–C) groups is 2. The minimum absolute atomic E-state index is 0.155. The number of carbonyl (C=O) groups excluding carboxylic acids is 2. The Balaban J connectivity index is 0.000000145. The maximum Gasteiger partial charge on any atom is 0.346 e. The van der Waals surface area contributed by atoms with Gasteiger partial charge in [-0.15, -0.1) is 0 Å². The lowest BCUT2D eigenvalue weighted by atomic mass is 9.81. The van der Waals surface area contributed by atoms with Gasteiger partial charge in [-0.1, -0.05) is 103 Å². The van der Waals surface area contributed by atoms with Gasteiger partial charge in [-0.2, -0.15) is 0 Å². The second-order valence-corrected chi connectivity index (χ2v) is 24.5. The molecule has 69 heavy (non-hydrogen) atoms. The van der Waals surface area contributed by atoms with Gasteiger partial charge in [0.15, 0.2) is 11.8 Å². The van der Waals surface area contributed by atoms with E-state index in [1.807, 2.05) is 45.5 Å². The standard InChI is InChI=1S/2C15H16BrNO.C9H5BrO3.2C8H15NO/c1-15(2)5-6-17-12(9-15)8-10-7-11(16)3-4-13(10)14(17)18;1-15(2)6-5-12-8-10-7-11(16)3-4-13(10)14(18)17(12)9-15;10-6-1-2-7-5(3-6)4-8(11)13-9(7)12;1-8(2)4-5-9-7(6-8)10-3;1-8(2)5-4-7(10-3)9-6-8/h2*3-4,7-8H,5-6,9H2,1-2H3;1-3H,4H2;2*4-6H2,1-3H3. The molecule has 5 aromatic rings. The maximum absolute atomic E-state index is 12.5. The van der Waals surface area contributed by atoms with E-state index in [0.717, 1.165) is 117 Å². The number of halogens is 3. The number of nitrogens with zero attached hydrogens (tertiary/aromatic N) is 4. The van der Waals surface area contributed by atoms with Crippen molar-refractivity contribution in [2.75, 3.05) is 27.3 Å². The third-order valence-corrected chi connectivity index (χ3v) is 14.8. The summed E-state index contributed by atoms with van der Waals surface area (Å²) in [5, 5.41) is 3.72. The first-order chi connectivity index (χ1) is 32.4. The van der Waals surface area contributed by atoms with E-state index in [-0.39, 0.29) is 23.0 Å². The van der Waals surface area contributed by atoms with Crippen LogP contribution in [0, 0.1) is 21.7 Å². The molecule has 0 unspecified atom stereocenters. The monoisotopic (exact) mass is 1130 g/mol. The van der Waals surface area contributed by atoms with E-state index in [0.29, 0.717) is 21.8 Å². The average Bonchev–Trinajstić information content (AvgIpc) is 3.26. The van der Waals surface area contributed by atoms with Crippen molar-refractivity contribution in [3.8, 4) is 0 Å². The summed E-state index contributed by atoms with van der Waals surface area (Å²) in [5.74, 6) is 0.782. The highest BCUT2D eigenvalue weighted by atomic mass is 79.9. The molecular formula is C55H67Br3N4O7. The summed E-state index contributed by atoms with van der Waals surface area (Å²) in [5.41, 5.74) is 5.15. The van der Waals surface area contributed by atoms with Gasteiger partial charge in [-0.05, 0) is 143 Å². The molecule has 5 aliphatic rings. The molecule has 2 aromatic heterocycles. The number of ether oxygens (including phenoxy) is 3. The fourth-order valence-electron chi connectivity index (χ4n) is 9.00. The lowest BCUT2D eigenvalue weighted by Gasteiger charge is -2.32. The number of esters is 2. The SMILES string of the molecule is CC1(C)CCc2cc3cc(Br)ccc3c(=O)n2C1.CC1(C)CCn2c(cc3cc(Br)ccc3c2=O)C1.COC1=NCC(C)(C)CC1.COC1=NCCC(C)(C)C1.O=C1Cc2cc(Br)ccc2C(=O)O1. The van der Waals surface area contributed by atoms with Gasteiger partial charge in [0.1, 0.15) is 0 Å². The topological polar surface area (TPSA) is 131 Å². The van der Waals surface area contributed by atoms with Crippen molar-refractivity contribution in [1.82, 2.24) is 9.13 Å². The number of benzene rings is 3. The van der Waals surface area contributed by atoms with E-state index in [9.17, 15) is 19.2 Å². The zero-order valence-electron chi connectivity index (χ0n) is 41.8. The molecule has 0 radical (unpaired) electrons. The van der Waals surface area contributed by atoms with Crippen molar-refractivity contribution >= 4 is 93.1 Å². The van der Waals surface area contributed by atoms with E-state index < -0.39 is 11.9 Å². The Morgan fingerprint density at radius 2 is 1.14 bits per heavy atom. The molecule has 0 amide bonds. The van der Waals surface area contributed by atoms with Crippen LogP contribution < -0.4 is 11.1 Å². The van der Waals surface area contributed by atoms with Crippen LogP contribution in [0.4, 0.5) is 0 Å². The van der Waals surface area contributed by atoms with Gasteiger partial charge in [0, 0.05) is 74.6 Å². The molecule has 0 saturated heterocycles. The van der Waals surface area contributed by atoms with Crippen LogP contribution in [0.25, 0.3) is 21.5 Å². The van der Waals surface area contributed by atoms with Crippen LogP contribution in [0.1, 0.15) is 121 Å². The number of cyclic esters (lactones) is 2. The zero-order valence-corrected chi connectivity index (χ0v) is 46.6. The van der Waals surface area contributed by atoms with Crippen molar-refractivity contribution in [3.63, 3.8) is 0 Å². The number of aromatic nitrogens is 2. The second-order valence-electron chi connectivity index (χ2n) is 21.7. The summed E-state index contributed by atoms with van der Waals surface area (Å²) < 4.78 is 21.4. The molecule has 0 saturated carbocycles. The number of pyridine rings is 2. The van der Waals surface area contributed by atoms with Crippen molar-refractivity contribution in [2.45, 2.75) is 126 Å². The van der Waals surface area contributed by atoms with Crippen molar-refractivity contribution < 1.29 is 23.8 Å². The predicted octanol–water partition coefficient (Wildman–Crippen LogP) is 12.9. The van der Waals surface area contributed by atoms with Crippen molar-refractivity contribution in [2.24, 2.45) is 31.6 Å². The highest BCUT2D eigenvalue weighted by Gasteiger charge is 2.29. The summed E-state index contributed by atoms with van der Waals surface area (Å²) in [4.78, 5) is 55.5. The van der Waals surface area contributed by atoms with Gasteiger partial charge in [-0.3, -0.25) is 24.4 Å².